The summed E-state index contributed by atoms with van der Waals surface area (Å²) in [5.74, 6) is -1.42. The van der Waals surface area contributed by atoms with E-state index >= 15 is 0 Å². The van der Waals surface area contributed by atoms with Crippen LogP contribution in [0.3, 0.4) is 0 Å². The van der Waals surface area contributed by atoms with Gasteiger partial charge in [0.2, 0.25) is 5.91 Å². The number of aryl methyl sites for hydroxylation is 1. The lowest BCUT2D eigenvalue weighted by Crippen LogP contribution is -2.53. The summed E-state index contributed by atoms with van der Waals surface area (Å²) in [5, 5.41) is 17.8. The molecular formula is C27H32N4O7S. The van der Waals surface area contributed by atoms with Crippen molar-refractivity contribution in [1.29, 1.82) is 0 Å². The molecule has 2 N–H and O–H groups in total. The van der Waals surface area contributed by atoms with Gasteiger partial charge < -0.3 is 20.3 Å². The second-order valence-electron chi connectivity index (χ2n) is 10.1. The molecule has 0 radical (unpaired) electrons. The molecule has 1 unspecified atom stereocenters. The van der Waals surface area contributed by atoms with Gasteiger partial charge in [0.05, 0.1) is 12.6 Å². The van der Waals surface area contributed by atoms with Crippen LogP contribution in [0, 0.1) is 18.0 Å². The molecule has 0 bridgehead atoms. The van der Waals surface area contributed by atoms with E-state index in [1.54, 1.807) is 19.1 Å². The number of nitrogens with zero attached hydrogens (tertiary/aromatic N) is 2. The molecule has 1 fully saturated rings. The molecule has 39 heavy (non-hydrogen) atoms. The lowest BCUT2D eigenvalue weighted by molar-refractivity contribution is -0.646. The van der Waals surface area contributed by atoms with Crippen molar-refractivity contribution in [2.24, 2.45) is 5.92 Å². The highest BCUT2D eigenvalue weighted by molar-refractivity contribution is 7.89. The van der Waals surface area contributed by atoms with Crippen LogP contribution in [0.4, 0.5) is 0 Å². The fourth-order valence-corrected chi connectivity index (χ4v) is 6.16. The van der Waals surface area contributed by atoms with Crippen molar-refractivity contribution < 1.29 is 31.9 Å². The number of pyridine rings is 1. The first-order chi connectivity index (χ1) is 18.5. The molecule has 11 nitrogen and oxygen atoms in total. The van der Waals surface area contributed by atoms with E-state index in [9.17, 15) is 28.0 Å². The quantitative estimate of drug-likeness (QED) is 0.318. The van der Waals surface area contributed by atoms with Crippen LogP contribution in [0.2, 0.25) is 0 Å². The number of Topliss-reactive ketones (excluding diaryl/α,β-unsaturated/α-hetero) is 1. The van der Waals surface area contributed by atoms with Crippen molar-refractivity contribution >= 4 is 38.6 Å². The summed E-state index contributed by atoms with van der Waals surface area (Å²) in [7, 11) is -4.21. The number of ketones is 1. The third kappa shape index (κ3) is 6.12. The molecule has 4 rings (SSSR count). The second-order valence-corrected chi connectivity index (χ2v) is 12.0. The van der Waals surface area contributed by atoms with Crippen molar-refractivity contribution in [3.63, 3.8) is 0 Å². The number of amides is 2. The first kappa shape index (κ1) is 28.2. The number of furan rings is 1. The molecule has 1 aliphatic heterocycles. The van der Waals surface area contributed by atoms with E-state index in [1.165, 1.54) is 18.2 Å². The molecule has 2 amide bonds. The summed E-state index contributed by atoms with van der Waals surface area (Å²) in [4.78, 5) is 39.4. The molecule has 3 heterocycles. The van der Waals surface area contributed by atoms with Gasteiger partial charge in [-0.25, -0.2) is 8.42 Å². The van der Waals surface area contributed by atoms with E-state index in [0.29, 0.717) is 24.0 Å². The second kappa shape index (κ2) is 11.5. The Bertz CT molecular complexity index is 1500. The van der Waals surface area contributed by atoms with Gasteiger partial charge in [-0.15, -0.1) is 0 Å². The number of hydrogen-bond donors (Lipinski definition) is 2. The molecule has 208 valence electrons. The summed E-state index contributed by atoms with van der Waals surface area (Å²) >= 11 is 0. The number of nitrogens with one attached hydrogen (secondary N) is 2. The van der Waals surface area contributed by atoms with Gasteiger partial charge in [-0.1, -0.05) is 32.0 Å². The van der Waals surface area contributed by atoms with E-state index in [2.05, 4.69) is 10.6 Å². The summed E-state index contributed by atoms with van der Waals surface area (Å²) in [6.07, 6.45) is 1.90. The average Bonchev–Trinajstić information content (AvgIpc) is 3.11. The van der Waals surface area contributed by atoms with Gasteiger partial charge >= 0.3 is 15.0 Å². The topological polar surface area (TPSA) is 153 Å². The van der Waals surface area contributed by atoms with Crippen molar-refractivity contribution in [1.82, 2.24) is 14.9 Å². The first-order valence-corrected chi connectivity index (χ1v) is 14.2. The Balaban J connectivity index is 1.47. The number of fused-ring (bicyclic) bond motifs is 1. The van der Waals surface area contributed by atoms with Crippen LogP contribution in [-0.2, 0) is 19.6 Å². The summed E-state index contributed by atoms with van der Waals surface area (Å²) in [6, 6.07) is 9.39. The van der Waals surface area contributed by atoms with Crippen LogP contribution in [0.15, 0.2) is 58.1 Å². The van der Waals surface area contributed by atoms with Gasteiger partial charge in [-0.05, 0) is 44.2 Å². The Morgan fingerprint density at radius 2 is 1.90 bits per heavy atom. The molecule has 2 aromatic heterocycles. The van der Waals surface area contributed by atoms with Crippen molar-refractivity contribution in [2.75, 3.05) is 13.1 Å². The smallest absolute Gasteiger partial charge is 0.323 e. The van der Waals surface area contributed by atoms with E-state index in [0.717, 1.165) is 15.9 Å². The van der Waals surface area contributed by atoms with Gasteiger partial charge in [0.25, 0.3) is 5.91 Å². The number of para-hydroxylation sites is 1. The third-order valence-electron chi connectivity index (χ3n) is 6.71. The largest absolute Gasteiger partial charge is 0.618 e. The first-order valence-electron chi connectivity index (χ1n) is 12.8. The van der Waals surface area contributed by atoms with Gasteiger partial charge in [-0.3, -0.25) is 14.4 Å². The average molecular weight is 557 g/mol. The van der Waals surface area contributed by atoms with E-state index in [4.69, 9.17) is 4.42 Å². The molecule has 1 aromatic carbocycles. The molecule has 0 aliphatic carbocycles. The molecule has 0 spiro atoms. The third-order valence-corrected chi connectivity index (χ3v) is 8.55. The summed E-state index contributed by atoms with van der Waals surface area (Å²) in [5.41, 5.74) is 1.22. The number of carbonyl (C=O) groups excluding carboxylic acids is 3. The lowest BCUT2D eigenvalue weighted by atomic mass is 10.0. The van der Waals surface area contributed by atoms with Gasteiger partial charge in [0.15, 0.2) is 17.7 Å². The minimum atomic E-state index is -4.21. The van der Waals surface area contributed by atoms with Crippen LogP contribution in [0.1, 0.15) is 49.2 Å². The van der Waals surface area contributed by atoms with Crippen LogP contribution in [-0.4, -0.2) is 55.5 Å². The van der Waals surface area contributed by atoms with E-state index in [-0.39, 0.29) is 29.4 Å². The molecule has 3 aromatic rings. The van der Waals surface area contributed by atoms with Crippen LogP contribution in [0.5, 0.6) is 0 Å². The maximum atomic E-state index is 13.3. The maximum Gasteiger partial charge on any atom is 0.323 e. The zero-order valence-electron chi connectivity index (χ0n) is 22.0. The number of aromatic nitrogens is 1. The number of carbonyl (C=O) groups is 3. The SMILES string of the molecule is Cc1c(C(=O)NC(CC(C)C)C(=O)N[C@H]2CCCN(S(=O)(=O)c3cccc[n+]3[O-])CC2=O)oc2ccccc12. The highest BCUT2D eigenvalue weighted by Crippen LogP contribution is 2.25. The molecule has 2 atom stereocenters. The van der Waals surface area contributed by atoms with Gasteiger partial charge in [-0.2, -0.15) is 9.04 Å². The fraction of sp³-hybridized carbons (Fsp3) is 0.407. The summed E-state index contributed by atoms with van der Waals surface area (Å²) < 4.78 is 33.0. The fourth-order valence-electron chi connectivity index (χ4n) is 4.69. The molecule has 1 aliphatic rings. The minimum absolute atomic E-state index is 0.0207. The van der Waals surface area contributed by atoms with E-state index in [1.807, 2.05) is 26.0 Å². The number of benzene rings is 1. The molecule has 12 heteroatoms. The number of hydrogen-bond acceptors (Lipinski definition) is 7. The number of rotatable bonds is 8. The Labute approximate surface area is 226 Å². The molecular weight excluding hydrogens is 524 g/mol. The van der Waals surface area contributed by atoms with Gasteiger partial charge in [0, 0.05) is 29.6 Å². The predicted molar refractivity (Wildman–Crippen MR) is 142 cm³/mol. The Morgan fingerprint density at radius 3 is 2.59 bits per heavy atom. The zero-order chi connectivity index (χ0) is 28.3. The molecule has 1 saturated heterocycles. The van der Waals surface area contributed by atoms with E-state index < -0.39 is 51.3 Å². The van der Waals surface area contributed by atoms with Crippen LogP contribution < -0.4 is 15.4 Å². The maximum absolute atomic E-state index is 13.3. The van der Waals surface area contributed by atoms with Crippen molar-refractivity contribution in [3.05, 3.63) is 65.2 Å². The predicted octanol–water partition coefficient (Wildman–Crippen LogP) is 2.06. The normalized spacial score (nSPS) is 17.6. The molecule has 0 saturated carbocycles. The lowest BCUT2D eigenvalue weighted by Gasteiger charge is -2.23. The van der Waals surface area contributed by atoms with Crippen molar-refractivity contribution in [3.8, 4) is 0 Å². The standard InChI is InChI=1S/C27H32N4O7S/c1-17(2)15-21(29-27(34)25-18(3)19-9-4-5-11-23(19)38-25)26(33)28-20-10-8-13-30(16-22(20)32)39(36,37)24-12-6-7-14-31(24)35/h4-7,9,11-12,14,17,20-21H,8,10,13,15-16H2,1-3H3,(H,28,33)(H,29,34)/t20-,21?/m0/s1. The zero-order valence-corrected chi connectivity index (χ0v) is 22.9. The van der Waals surface area contributed by atoms with Crippen molar-refractivity contribution in [2.45, 2.75) is 57.1 Å². The van der Waals surface area contributed by atoms with Crippen LogP contribution in [0.25, 0.3) is 11.0 Å². The van der Waals surface area contributed by atoms with Gasteiger partial charge in [0.1, 0.15) is 11.6 Å². The minimum Gasteiger partial charge on any atom is -0.618 e. The monoisotopic (exact) mass is 556 g/mol. The Morgan fingerprint density at radius 1 is 1.18 bits per heavy atom. The van der Waals surface area contributed by atoms with Crippen LogP contribution >= 0.6 is 0 Å². The summed E-state index contributed by atoms with van der Waals surface area (Å²) in [6.45, 7) is 5.12. The highest BCUT2D eigenvalue weighted by atomic mass is 32.2. The Kier molecular flexibility index (Phi) is 8.36. The number of sulfonamides is 1. The Hall–Kier alpha value is -3.77. The highest BCUT2D eigenvalue weighted by Gasteiger charge is 2.37.